The van der Waals surface area contributed by atoms with E-state index in [2.05, 4.69) is 64.1 Å². The Bertz CT molecular complexity index is 697. The zero-order chi connectivity index (χ0) is 12.9. The topological polar surface area (TPSA) is 0 Å². The molecular weight excluding hydrogens is 216 g/mol. The van der Waals surface area contributed by atoms with E-state index in [9.17, 15) is 0 Å². The molecule has 0 unspecified atom stereocenters. The summed E-state index contributed by atoms with van der Waals surface area (Å²) in [5, 5.41) is 5.62. The van der Waals surface area contributed by atoms with Crippen LogP contribution < -0.4 is 0 Å². The van der Waals surface area contributed by atoms with Crippen molar-refractivity contribution in [2.24, 2.45) is 0 Å². The molecule has 0 aliphatic carbocycles. The van der Waals surface area contributed by atoms with Gasteiger partial charge in [-0.1, -0.05) is 36.4 Å². The molecule has 0 nitrogen and oxygen atoms in total. The molecule has 3 aromatic carbocycles. The van der Waals surface area contributed by atoms with Gasteiger partial charge in [0.1, 0.15) is 0 Å². The van der Waals surface area contributed by atoms with Crippen molar-refractivity contribution in [3.8, 4) is 0 Å². The Kier molecular flexibility index (Phi) is 2.41. The summed E-state index contributed by atoms with van der Waals surface area (Å²) in [4.78, 5) is 0. The molecule has 0 radical (unpaired) electrons. The first kappa shape index (κ1) is 11.3. The lowest BCUT2D eigenvalue weighted by Gasteiger charge is -2.15. The molecule has 90 valence electrons. The molecule has 0 N–H and O–H groups in total. The van der Waals surface area contributed by atoms with Gasteiger partial charge in [0, 0.05) is 0 Å². The van der Waals surface area contributed by atoms with Gasteiger partial charge in [0.05, 0.1) is 0 Å². The van der Waals surface area contributed by atoms with Crippen molar-refractivity contribution in [1.29, 1.82) is 0 Å². The van der Waals surface area contributed by atoms with Crippen molar-refractivity contribution >= 4 is 21.5 Å². The van der Waals surface area contributed by atoms with Gasteiger partial charge in [-0.15, -0.1) is 0 Å². The Labute approximate surface area is 108 Å². The standard InChI is InChI=1S/C18H18/c1-11-7-5-9-15-16-10-6-8-12(2)18(16)14(4)13(3)17(11)15/h5-10H,1-4H3. The molecule has 0 bridgehead atoms. The van der Waals surface area contributed by atoms with Crippen LogP contribution in [0.15, 0.2) is 36.4 Å². The first-order valence-corrected chi connectivity index (χ1v) is 6.49. The largest absolute Gasteiger partial charge is 0.0613 e. The predicted molar refractivity (Wildman–Crippen MR) is 80.4 cm³/mol. The van der Waals surface area contributed by atoms with E-state index in [-0.39, 0.29) is 0 Å². The molecule has 0 heterocycles. The summed E-state index contributed by atoms with van der Waals surface area (Å²) in [6, 6.07) is 13.2. The van der Waals surface area contributed by atoms with Crippen LogP contribution in [0, 0.1) is 27.7 Å². The van der Waals surface area contributed by atoms with E-state index < -0.39 is 0 Å². The van der Waals surface area contributed by atoms with Gasteiger partial charge in [0.15, 0.2) is 0 Å². The quantitative estimate of drug-likeness (QED) is 0.467. The third kappa shape index (κ3) is 1.38. The van der Waals surface area contributed by atoms with Crippen LogP contribution in [0.3, 0.4) is 0 Å². The molecule has 18 heavy (non-hydrogen) atoms. The highest BCUT2D eigenvalue weighted by Crippen LogP contribution is 2.35. The average Bonchev–Trinajstić information content (AvgIpc) is 2.35. The second-order valence-corrected chi connectivity index (χ2v) is 5.24. The van der Waals surface area contributed by atoms with Gasteiger partial charge in [-0.3, -0.25) is 0 Å². The van der Waals surface area contributed by atoms with Gasteiger partial charge in [0.2, 0.25) is 0 Å². The second-order valence-electron chi connectivity index (χ2n) is 5.24. The molecule has 0 heteroatoms. The fraction of sp³-hybridized carbons (Fsp3) is 0.222. The van der Waals surface area contributed by atoms with E-state index in [0.29, 0.717) is 0 Å². The number of benzene rings is 3. The van der Waals surface area contributed by atoms with Gasteiger partial charge in [-0.05, 0) is 71.5 Å². The van der Waals surface area contributed by atoms with Crippen molar-refractivity contribution in [3.05, 3.63) is 58.7 Å². The summed E-state index contributed by atoms with van der Waals surface area (Å²) in [6.45, 7) is 8.90. The molecule has 0 atom stereocenters. The fourth-order valence-corrected chi connectivity index (χ4v) is 3.15. The SMILES string of the molecule is Cc1cccc2c1c(C)c(C)c1c(C)cccc12. The highest BCUT2D eigenvalue weighted by atomic mass is 14.1. The smallest absolute Gasteiger partial charge is 0.00998 e. The molecule has 0 saturated heterocycles. The van der Waals surface area contributed by atoms with Gasteiger partial charge in [0.25, 0.3) is 0 Å². The van der Waals surface area contributed by atoms with Crippen molar-refractivity contribution in [1.82, 2.24) is 0 Å². The molecular formula is C18H18. The Balaban J connectivity index is 2.72. The number of fused-ring (bicyclic) bond motifs is 3. The lowest BCUT2D eigenvalue weighted by molar-refractivity contribution is 1.37. The Morgan fingerprint density at radius 2 is 0.944 bits per heavy atom. The van der Waals surface area contributed by atoms with E-state index in [1.807, 2.05) is 0 Å². The van der Waals surface area contributed by atoms with Gasteiger partial charge < -0.3 is 0 Å². The summed E-state index contributed by atoms with van der Waals surface area (Å²) in [7, 11) is 0. The number of hydrogen-bond acceptors (Lipinski definition) is 0. The first-order valence-electron chi connectivity index (χ1n) is 6.49. The van der Waals surface area contributed by atoms with Crippen LogP contribution in [0.4, 0.5) is 0 Å². The third-order valence-electron chi connectivity index (χ3n) is 4.15. The summed E-state index contributed by atoms with van der Waals surface area (Å²) >= 11 is 0. The monoisotopic (exact) mass is 234 g/mol. The van der Waals surface area contributed by atoms with E-state index in [4.69, 9.17) is 0 Å². The minimum atomic E-state index is 1.37. The Hall–Kier alpha value is -1.82. The average molecular weight is 234 g/mol. The summed E-state index contributed by atoms with van der Waals surface area (Å²) in [6.07, 6.45) is 0. The maximum Gasteiger partial charge on any atom is -0.00998 e. The van der Waals surface area contributed by atoms with Gasteiger partial charge in [-0.25, -0.2) is 0 Å². The maximum atomic E-state index is 2.25. The molecule has 0 saturated carbocycles. The molecule has 3 rings (SSSR count). The lowest BCUT2D eigenvalue weighted by atomic mass is 9.89. The zero-order valence-corrected chi connectivity index (χ0v) is 11.5. The summed E-state index contributed by atoms with van der Waals surface area (Å²) < 4.78 is 0. The molecule has 0 aromatic heterocycles. The fourth-order valence-electron chi connectivity index (χ4n) is 3.15. The van der Waals surface area contributed by atoms with E-state index >= 15 is 0 Å². The van der Waals surface area contributed by atoms with E-state index in [1.54, 1.807) is 0 Å². The maximum absolute atomic E-state index is 2.25. The molecule has 0 aliphatic rings. The third-order valence-corrected chi connectivity index (χ3v) is 4.15. The van der Waals surface area contributed by atoms with Crippen LogP contribution in [-0.4, -0.2) is 0 Å². The molecule has 0 aliphatic heterocycles. The highest BCUT2D eigenvalue weighted by molar-refractivity contribution is 6.12. The van der Waals surface area contributed by atoms with Crippen LogP contribution in [0.5, 0.6) is 0 Å². The van der Waals surface area contributed by atoms with Gasteiger partial charge in [-0.2, -0.15) is 0 Å². The number of rotatable bonds is 0. The normalized spacial score (nSPS) is 11.3. The van der Waals surface area contributed by atoms with Crippen LogP contribution in [0.25, 0.3) is 21.5 Å². The van der Waals surface area contributed by atoms with Crippen molar-refractivity contribution in [2.75, 3.05) is 0 Å². The molecule has 0 fully saturated rings. The lowest BCUT2D eigenvalue weighted by Crippen LogP contribution is -1.92. The minimum absolute atomic E-state index is 1.37. The first-order chi connectivity index (χ1) is 8.61. The molecule has 3 aromatic rings. The van der Waals surface area contributed by atoms with Gasteiger partial charge >= 0.3 is 0 Å². The minimum Gasteiger partial charge on any atom is -0.0613 e. The highest BCUT2D eigenvalue weighted by Gasteiger charge is 2.11. The van der Waals surface area contributed by atoms with Crippen molar-refractivity contribution < 1.29 is 0 Å². The van der Waals surface area contributed by atoms with Crippen LogP contribution in [0.2, 0.25) is 0 Å². The van der Waals surface area contributed by atoms with Crippen molar-refractivity contribution in [2.45, 2.75) is 27.7 Å². The number of aryl methyl sites for hydroxylation is 4. The molecule has 0 amide bonds. The van der Waals surface area contributed by atoms with Crippen LogP contribution >= 0.6 is 0 Å². The molecule has 0 spiro atoms. The van der Waals surface area contributed by atoms with Crippen LogP contribution in [-0.2, 0) is 0 Å². The zero-order valence-electron chi connectivity index (χ0n) is 11.5. The summed E-state index contributed by atoms with van der Waals surface area (Å²) in [5.74, 6) is 0. The van der Waals surface area contributed by atoms with Crippen molar-refractivity contribution in [3.63, 3.8) is 0 Å². The van der Waals surface area contributed by atoms with E-state index in [1.165, 1.54) is 43.8 Å². The Morgan fingerprint density at radius 1 is 0.556 bits per heavy atom. The second kappa shape index (κ2) is 3.84. The summed E-state index contributed by atoms with van der Waals surface area (Å²) in [5.41, 5.74) is 5.59. The predicted octanol–water partition coefficient (Wildman–Crippen LogP) is 5.23. The van der Waals surface area contributed by atoms with Crippen LogP contribution in [0.1, 0.15) is 22.3 Å². The number of hydrogen-bond donors (Lipinski definition) is 0. The van der Waals surface area contributed by atoms with E-state index in [0.717, 1.165) is 0 Å². The Morgan fingerprint density at radius 3 is 1.33 bits per heavy atom.